The van der Waals surface area contributed by atoms with E-state index in [-0.39, 0.29) is 0 Å². The predicted octanol–water partition coefficient (Wildman–Crippen LogP) is 4.40. The topological polar surface area (TPSA) is 35.9 Å². The maximum Gasteiger partial charge on any atom is 0.416 e. The Morgan fingerprint density at radius 1 is 1.11 bits per heavy atom. The van der Waals surface area contributed by atoms with Gasteiger partial charge in [0, 0.05) is 19.5 Å². The van der Waals surface area contributed by atoms with Crippen molar-refractivity contribution in [2.24, 2.45) is 5.10 Å². The Morgan fingerprint density at radius 3 is 2.59 bits per heavy atom. The van der Waals surface area contributed by atoms with E-state index in [4.69, 9.17) is 0 Å². The number of amidine groups is 1. The van der Waals surface area contributed by atoms with Gasteiger partial charge in [-0.15, -0.1) is 0 Å². The molecule has 0 spiro atoms. The largest absolute Gasteiger partial charge is 0.416 e. The first kappa shape index (κ1) is 18.7. The smallest absolute Gasteiger partial charge is 0.298 e. The summed E-state index contributed by atoms with van der Waals surface area (Å²) in [5, 5.41) is 5.81. The first-order valence-electron chi connectivity index (χ1n) is 8.43. The number of hydrogen-bond donors (Lipinski definition) is 0. The van der Waals surface area contributed by atoms with Crippen LogP contribution >= 0.6 is 0 Å². The van der Waals surface area contributed by atoms with Crippen LogP contribution in [0.2, 0.25) is 0 Å². The molecule has 0 aromatic heterocycles. The lowest BCUT2D eigenvalue weighted by Gasteiger charge is -2.16. The van der Waals surface area contributed by atoms with E-state index in [1.165, 1.54) is 16.0 Å². The van der Waals surface area contributed by atoms with Gasteiger partial charge in [0.1, 0.15) is 5.84 Å². The zero-order chi connectivity index (χ0) is 19.3. The molecule has 140 valence electrons. The normalized spacial score (nSPS) is 14.5. The third-order valence-electron chi connectivity index (χ3n) is 4.13. The molecule has 1 heterocycles. The fraction of sp³-hybridized carbons (Fsp3) is 0.200. The van der Waals surface area contributed by atoms with Crippen LogP contribution in [0, 0.1) is 0 Å². The van der Waals surface area contributed by atoms with E-state index >= 15 is 0 Å². The minimum atomic E-state index is -4.40. The monoisotopic (exact) mass is 373 g/mol. The van der Waals surface area contributed by atoms with E-state index in [0.717, 1.165) is 17.7 Å². The van der Waals surface area contributed by atoms with E-state index in [1.807, 2.05) is 42.5 Å². The number of carbonyl (C=O) groups excluding carboxylic acids is 1. The Morgan fingerprint density at radius 2 is 1.89 bits per heavy atom. The molecule has 0 N–H and O–H groups in total. The molecule has 1 aliphatic rings. The second kappa shape index (κ2) is 8.07. The molecule has 0 saturated carbocycles. The summed E-state index contributed by atoms with van der Waals surface area (Å²) in [5.41, 5.74) is 0.648. The first-order chi connectivity index (χ1) is 13.0. The van der Waals surface area contributed by atoms with E-state index in [0.29, 0.717) is 37.4 Å². The van der Waals surface area contributed by atoms with Crippen LogP contribution in [-0.2, 0) is 11.0 Å². The summed E-state index contributed by atoms with van der Waals surface area (Å²) >= 11 is 0. The molecule has 27 heavy (non-hydrogen) atoms. The lowest BCUT2D eigenvalue weighted by Crippen LogP contribution is -2.28. The third-order valence-corrected chi connectivity index (χ3v) is 4.13. The number of amides is 1. The molecule has 0 saturated heterocycles. The SMILES string of the molecule is O=CN(C/C=C/c1ccccc1)C1=NN(c2cccc(C(F)(F)F)c2)CC1. The number of halogens is 3. The molecule has 4 nitrogen and oxygen atoms in total. The van der Waals surface area contributed by atoms with Gasteiger partial charge in [0.25, 0.3) is 0 Å². The Balaban J connectivity index is 1.70. The van der Waals surface area contributed by atoms with Crippen molar-refractivity contribution >= 4 is 24.0 Å². The van der Waals surface area contributed by atoms with Gasteiger partial charge >= 0.3 is 6.18 Å². The molecule has 2 aromatic rings. The number of nitrogens with zero attached hydrogens (tertiary/aromatic N) is 3. The number of hydrazone groups is 1. The van der Waals surface area contributed by atoms with Crippen LogP contribution in [-0.4, -0.2) is 30.2 Å². The van der Waals surface area contributed by atoms with Gasteiger partial charge in [-0.3, -0.25) is 14.7 Å². The van der Waals surface area contributed by atoms with Crippen LogP contribution in [0.5, 0.6) is 0 Å². The standard InChI is InChI=1S/C20H18F3N3O/c21-20(22,23)17-9-4-10-18(14-17)26-13-11-19(24-26)25(15-27)12-5-8-16-6-2-1-3-7-16/h1-10,14-15H,11-13H2/b8-5+. The summed E-state index contributed by atoms with van der Waals surface area (Å²) in [7, 11) is 0. The van der Waals surface area contributed by atoms with Crippen molar-refractivity contribution in [3.05, 3.63) is 71.8 Å². The molecule has 0 unspecified atom stereocenters. The van der Waals surface area contributed by atoms with Crippen LogP contribution in [0.1, 0.15) is 17.5 Å². The molecule has 0 radical (unpaired) electrons. The van der Waals surface area contributed by atoms with Crippen molar-refractivity contribution in [2.45, 2.75) is 12.6 Å². The van der Waals surface area contributed by atoms with Crippen molar-refractivity contribution in [3.8, 4) is 0 Å². The summed E-state index contributed by atoms with van der Waals surface area (Å²) in [4.78, 5) is 12.9. The molecule has 2 aromatic carbocycles. The molecule has 0 bridgehead atoms. The highest BCUT2D eigenvalue weighted by atomic mass is 19.4. The molecular formula is C20H18F3N3O. The highest BCUT2D eigenvalue weighted by Crippen LogP contribution is 2.32. The number of alkyl halides is 3. The number of rotatable bonds is 5. The summed E-state index contributed by atoms with van der Waals surface area (Å²) in [5.74, 6) is 0.528. The van der Waals surface area contributed by atoms with E-state index in [1.54, 1.807) is 6.07 Å². The zero-order valence-corrected chi connectivity index (χ0v) is 14.4. The molecule has 3 rings (SSSR count). The maximum absolute atomic E-state index is 12.9. The Labute approximate surface area is 155 Å². The molecule has 1 aliphatic heterocycles. The quantitative estimate of drug-likeness (QED) is 0.729. The molecule has 0 atom stereocenters. The van der Waals surface area contributed by atoms with Gasteiger partial charge in [-0.2, -0.15) is 18.3 Å². The molecule has 1 amide bonds. The predicted molar refractivity (Wildman–Crippen MR) is 99.1 cm³/mol. The molecule has 7 heteroatoms. The van der Waals surface area contributed by atoms with E-state index in [2.05, 4.69) is 5.10 Å². The fourth-order valence-corrected chi connectivity index (χ4v) is 2.75. The van der Waals surface area contributed by atoms with Crippen LogP contribution in [0.25, 0.3) is 6.08 Å². The summed E-state index contributed by atoms with van der Waals surface area (Å²) in [6, 6.07) is 14.7. The second-order valence-electron chi connectivity index (χ2n) is 6.01. The van der Waals surface area contributed by atoms with Crippen molar-refractivity contribution in [1.82, 2.24) is 4.90 Å². The van der Waals surface area contributed by atoms with Gasteiger partial charge in [0.05, 0.1) is 11.3 Å². The van der Waals surface area contributed by atoms with Crippen LogP contribution in [0.4, 0.5) is 18.9 Å². The number of carbonyl (C=O) groups is 1. The lowest BCUT2D eigenvalue weighted by atomic mass is 10.2. The first-order valence-corrected chi connectivity index (χ1v) is 8.43. The van der Waals surface area contributed by atoms with Gasteiger partial charge in [-0.05, 0) is 23.8 Å². The van der Waals surface area contributed by atoms with Crippen molar-refractivity contribution in [1.29, 1.82) is 0 Å². The lowest BCUT2D eigenvalue weighted by molar-refractivity contribution is -0.137. The summed E-state index contributed by atoms with van der Waals surface area (Å²) < 4.78 is 38.6. The van der Waals surface area contributed by atoms with Gasteiger partial charge in [0.2, 0.25) is 6.41 Å². The highest BCUT2D eigenvalue weighted by Gasteiger charge is 2.31. The Hall–Kier alpha value is -3.09. The zero-order valence-electron chi connectivity index (χ0n) is 14.4. The molecule has 0 aliphatic carbocycles. The average Bonchev–Trinajstić information content (AvgIpc) is 3.15. The Bertz CT molecular complexity index is 847. The minimum Gasteiger partial charge on any atom is -0.298 e. The minimum absolute atomic E-state index is 0.341. The van der Waals surface area contributed by atoms with Crippen LogP contribution in [0.3, 0.4) is 0 Å². The average molecular weight is 373 g/mol. The van der Waals surface area contributed by atoms with Gasteiger partial charge in [-0.25, -0.2) is 0 Å². The fourth-order valence-electron chi connectivity index (χ4n) is 2.75. The van der Waals surface area contributed by atoms with Gasteiger partial charge < -0.3 is 0 Å². The van der Waals surface area contributed by atoms with Crippen molar-refractivity contribution < 1.29 is 18.0 Å². The second-order valence-corrected chi connectivity index (χ2v) is 6.01. The van der Waals surface area contributed by atoms with Gasteiger partial charge in [0.15, 0.2) is 0 Å². The summed E-state index contributed by atoms with van der Waals surface area (Å²) in [6.07, 6.45) is 0.507. The van der Waals surface area contributed by atoms with Crippen molar-refractivity contribution in [3.63, 3.8) is 0 Å². The third kappa shape index (κ3) is 4.75. The maximum atomic E-state index is 12.9. The number of benzene rings is 2. The van der Waals surface area contributed by atoms with Crippen LogP contribution in [0.15, 0.2) is 65.8 Å². The van der Waals surface area contributed by atoms with Gasteiger partial charge in [-0.1, -0.05) is 48.6 Å². The van der Waals surface area contributed by atoms with Crippen LogP contribution < -0.4 is 5.01 Å². The van der Waals surface area contributed by atoms with E-state index in [9.17, 15) is 18.0 Å². The van der Waals surface area contributed by atoms with E-state index < -0.39 is 11.7 Å². The number of hydrogen-bond acceptors (Lipinski definition) is 3. The molecular weight excluding hydrogens is 355 g/mol. The van der Waals surface area contributed by atoms with Crippen molar-refractivity contribution in [2.75, 3.05) is 18.1 Å². The summed E-state index contributed by atoms with van der Waals surface area (Å²) in [6.45, 7) is 0.761. The number of anilines is 1. The highest BCUT2D eigenvalue weighted by molar-refractivity contribution is 5.93. The molecule has 0 fully saturated rings. The Kier molecular flexibility index (Phi) is 5.59.